The average molecular weight is 226 g/mol. The summed E-state index contributed by atoms with van der Waals surface area (Å²) in [6, 6.07) is 0.446. The van der Waals surface area contributed by atoms with Gasteiger partial charge in [-0.1, -0.05) is 33.6 Å². The van der Waals surface area contributed by atoms with Crippen molar-refractivity contribution in [1.29, 1.82) is 0 Å². The van der Waals surface area contributed by atoms with Crippen LogP contribution in [-0.4, -0.2) is 29.9 Å². The maximum atomic E-state index is 12.4. The van der Waals surface area contributed by atoms with E-state index >= 15 is 0 Å². The normalized spacial score (nSPS) is 17.8. The van der Waals surface area contributed by atoms with Gasteiger partial charge in [0.1, 0.15) is 0 Å². The van der Waals surface area contributed by atoms with Crippen molar-refractivity contribution < 1.29 is 4.79 Å². The Morgan fingerprint density at radius 3 is 2.38 bits per heavy atom. The lowest BCUT2D eigenvalue weighted by atomic mass is 9.88. The lowest BCUT2D eigenvalue weighted by molar-refractivity contribution is -0.142. The highest BCUT2D eigenvalue weighted by atomic mass is 16.2. The number of hydrogen-bond acceptors (Lipinski definition) is 2. The second-order valence-electron chi connectivity index (χ2n) is 5.46. The zero-order valence-electron chi connectivity index (χ0n) is 11.0. The van der Waals surface area contributed by atoms with E-state index in [1.165, 1.54) is 12.8 Å². The van der Waals surface area contributed by atoms with E-state index in [1.54, 1.807) is 0 Å². The van der Waals surface area contributed by atoms with Gasteiger partial charge < -0.3 is 10.6 Å². The third kappa shape index (κ3) is 2.97. The summed E-state index contributed by atoms with van der Waals surface area (Å²) in [5, 5.41) is 0. The van der Waals surface area contributed by atoms with Crippen molar-refractivity contribution in [2.75, 3.05) is 13.1 Å². The number of carbonyl (C=O) groups is 1. The highest BCUT2D eigenvalue weighted by molar-refractivity contribution is 5.82. The quantitative estimate of drug-likeness (QED) is 0.781. The van der Waals surface area contributed by atoms with Crippen molar-refractivity contribution in [3.63, 3.8) is 0 Å². The highest BCUT2D eigenvalue weighted by Gasteiger charge is 2.34. The number of hydrogen-bond donors (Lipinski definition) is 1. The van der Waals surface area contributed by atoms with Crippen LogP contribution in [0.3, 0.4) is 0 Å². The molecule has 1 aliphatic rings. The van der Waals surface area contributed by atoms with E-state index in [0.717, 1.165) is 19.3 Å². The molecule has 1 aliphatic carbocycles. The molecule has 16 heavy (non-hydrogen) atoms. The number of carbonyl (C=O) groups excluding carboxylic acids is 1. The molecule has 3 nitrogen and oxygen atoms in total. The van der Waals surface area contributed by atoms with Gasteiger partial charge >= 0.3 is 0 Å². The molecule has 0 aromatic heterocycles. The standard InChI is InChI=1S/C13H26N2O/c1-4-13(2,3)12(16)15(10-9-14)11-7-5-6-8-11/h11H,4-10,14H2,1-3H3. The van der Waals surface area contributed by atoms with Crippen LogP contribution in [0.2, 0.25) is 0 Å². The summed E-state index contributed by atoms with van der Waals surface area (Å²) < 4.78 is 0. The molecular weight excluding hydrogens is 200 g/mol. The van der Waals surface area contributed by atoms with Crippen LogP contribution in [0.25, 0.3) is 0 Å². The number of nitrogens with two attached hydrogens (primary N) is 1. The molecule has 1 saturated carbocycles. The average Bonchev–Trinajstić information content (AvgIpc) is 2.78. The van der Waals surface area contributed by atoms with Gasteiger partial charge in [0.05, 0.1) is 0 Å². The van der Waals surface area contributed by atoms with Gasteiger partial charge in [-0.3, -0.25) is 4.79 Å². The molecule has 2 N–H and O–H groups in total. The van der Waals surface area contributed by atoms with E-state index in [1.807, 2.05) is 18.7 Å². The van der Waals surface area contributed by atoms with Gasteiger partial charge in [0.2, 0.25) is 5.91 Å². The van der Waals surface area contributed by atoms with Crippen LogP contribution in [0.5, 0.6) is 0 Å². The second kappa shape index (κ2) is 5.67. The van der Waals surface area contributed by atoms with Gasteiger partial charge in [-0.15, -0.1) is 0 Å². The first kappa shape index (κ1) is 13.5. The van der Waals surface area contributed by atoms with E-state index in [0.29, 0.717) is 19.1 Å². The smallest absolute Gasteiger partial charge is 0.228 e. The highest BCUT2D eigenvalue weighted by Crippen LogP contribution is 2.29. The molecule has 0 atom stereocenters. The summed E-state index contributed by atoms with van der Waals surface area (Å²) in [7, 11) is 0. The van der Waals surface area contributed by atoms with Crippen molar-refractivity contribution >= 4 is 5.91 Å². The molecule has 1 rings (SSSR count). The maximum Gasteiger partial charge on any atom is 0.228 e. The Hall–Kier alpha value is -0.570. The fraction of sp³-hybridized carbons (Fsp3) is 0.923. The Balaban J connectivity index is 2.72. The van der Waals surface area contributed by atoms with Crippen molar-refractivity contribution in [2.24, 2.45) is 11.1 Å². The SMILES string of the molecule is CCC(C)(C)C(=O)N(CCN)C1CCCC1. The van der Waals surface area contributed by atoms with Gasteiger partial charge in [0.25, 0.3) is 0 Å². The first-order valence-corrected chi connectivity index (χ1v) is 6.54. The van der Waals surface area contributed by atoms with Gasteiger partial charge in [-0.25, -0.2) is 0 Å². The molecule has 0 bridgehead atoms. The first-order valence-electron chi connectivity index (χ1n) is 6.54. The molecule has 0 aromatic carbocycles. The van der Waals surface area contributed by atoms with Crippen LogP contribution < -0.4 is 5.73 Å². The molecule has 0 unspecified atom stereocenters. The molecule has 0 saturated heterocycles. The van der Waals surface area contributed by atoms with Crippen LogP contribution in [0, 0.1) is 5.41 Å². The Kier molecular flexibility index (Phi) is 4.78. The molecule has 0 heterocycles. The Labute approximate surface area is 99.4 Å². The van der Waals surface area contributed by atoms with Gasteiger partial charge in [-0.2, -0.15) is 0 Å². The molecule has 3 heteroatoms. The second-order valence-corrected chi connectivity index (χ2v) is 5.46. The third-order valence-electron chi connectivity index (χ3n) is 3.86. The Morgan fingerprint density at radius 1 is 1.38 bits per heavy atom. The molecule has 0 aliphatic heterocycles. The van der Waals surface area contributed by atoms with E-state index in [4.69, 9.17) is 5.73 Å². The summed E-state index contributed by atoms with van der Waals surface area (Å²) in [4.78, 5) is 14.5. The number of nitrogens with zero attached hydrogens (tertiary/aromatic N) is 1. The maximum absolute atomic E-state index is 12.4. The monoisotopic (exact) mass is 226 g/mol. The molecule has 1 amide bonds. The molecule has 94 valence electrons. The molecule has 1 fully saturated rings. The van der Waals surface area contributed by atoms with E-state index in [-0.39, 0.29) is 11.3 Å². The van der Waals surface area contributed by atoms with Crippen molar-refractivity contribution in [3.8, 4) is 0 Å². The summed E-state index contributed by atoms with van der Waals surface area (Å²) in [5.74, 6) is 0.285. The predicted molar refractivity (Wildman–Crippen MR) is 67.1 cm³/mol. The zero-order valence-corrected chi connectivity index (χ0v) is 11.0. The minimum absolute atomic E-state index is 0.238. The van der Waals surface area contributed by atoms with Crippen LogP contribution >= 0.6 is 0 Å². The van der Waals surface area contributed by atoms with E-state index < -0.39 is 0 Å². The number of amides is 1. The van der Waals surface area contributed by atoms with Gasteiger partial charge in [0.15, 0.2) is 0 Å². The summed E-state index contributed by atoms with van der Waals surface area (Å²) in [6.07, 6.45) is 5.72. The van der Waals surface area contributed by atoms with Crippen molar-refractivity contribution in [2.45, 2.75) is 58.9 Å². The fourth-order valence-electron chi connectivity index (χ4n) is 2.34. The largest absolute Gasteiger partial charge is 0.338 e. The van der Waals surface area contributed by atoms with Crippen LogP contribution in [0.4, 0.5) is 0 Å². The lowest BCUT2D eigenvalue weighted by Gasteiger charge is -2.35. The van der Waals surface area contributed by atoms with E-state index in [2.05, 4.69) is 6.92 Å². The zero-order chi connectivity index (χ0) is 12.2. The molecule has 0 spiro atoms. The van der Waals surface area contributed by atoms with Crippen LogP contribution in [-0.2, 0) is 4.79 Å². The van der Waals surface area contributed by atoms with Crippen LogP contribution in [0.15, 0.2) is 0 Å². The van der Waals surface area contributed by atoms with Crippen molar-refractivity contribution in [3.05, 3.63) is 0 Å². The summed E-state index contributed by atoms with van der Waals surface area (Å²) in [5.41, 5.74) is 5.39. The Morgan fingerprint density at radius 2 is 1.94 bits per heavy atom. The minimum Gasteiger partial charge on any atom is -0.338 e. The van der Waals surface area contributed by atoms with Crippen molar-refractivity contribution in [1.82, 2.24) is 4.90 Å². The topological polar surface area (TPSA) is 46.3 Å². The lowest BCUT2D eigenvalue weighted by Crippen LogP contribution is -2.47. The number of rotatable bonds is 5. The van der Waals surface area contributed by atoms with Crippen LogP contribution in [0.1, 0.15) is 52.9 Å². The first-order chi connectivity index (χ1) is 7.53. The summed E-state index contributed by atoms with van der Waals surface area (Å²) in [6.45, 7) is 7.43. The fourth-order valence-corrected chi connectivity index (χ4v) is 2.34. The van der Waals surface area contributed by atoms with Gasteiger partial charge in [-0.05, 0) is 19.3 Å². The molecule has 0 aromatic rings. The minimum atomic E-state index is -0.238. The molecule has 0 radical (unpaired) electrons. The van der Waals surface area contributed by atoms with Gasteiger partial charge in [0, 0.05) is 24.5 Å². The Bertz CT molecular complexity index is 232. The summed E-state index contributed by atoms with van der Waals surface area (Å²) >= 11 is 0. The van der Waals surface area contributed by atoms with E-state index in [9.17, 15) is 4.79 Å². The third-order valence-corrected chi connectivity index (χ3v) is 3.86. The molecular formula is C13H26N2O. The predicted octanol–water partition coefficient (Wildman–Crippen LogP) is 2.15.